The van der Waals surface area contributed by atoms with Gasteiger partial charge in [-0.1, -0.05) is 23.4 Å². The number of nitrogens with one attached hydrogen (secondary N) is 1. The summed E-state index contributed by atoms with van der Waals surface area (Å²) in [5, 5.41) is 3.46. The lowest BCUT2D eigenvalue weighted by Gasteiger charge is -2.03. The molecule has 22 heavy (non-hydrogen) atoms. The minimum Gasteiger partial charge on any atom is -0.399 e. The molecule has 0 saturated heterocycles. The van der Waals surface area contributed by atoms with Gasteiger partial charge in [0, 0.05) is 16.4 Å². The molecular formula is C15H12ClN3OS2. The summed E-state index contributed by atoms with van der Waals surface area (Å²) in [7, 11) is 0. The molecule has 0 aliphatic rings. The highest BCUT2D eigenvalue weighted by Crippen LogP contribution is 2.30. The molecule has 0 saturated carbocycles. The topological polar surface area (TPSA) is 68.0 Å². The molecule has 7 heteroatoms. The van der Waals surface area contributed by atoms with Crippen molar-refractivity contribution < 1.29 is 4.79 Å². The van der Waals surface area contributed by atoms with Crippen LogP contribution in [0.15, 0.2) is 46.8 Å². The van der Waals surface area contributed by atoms with Crippen LogP contribution in [0.4, 0.5) is 11.4 Å². The molecule has 3 rings (SSSR count). The molecule has 112 valence electrons. The summed E-state index contributed by atoms with van der Waals surface area (Å²) in [6.45, 7) is 0. The lowest BCUT2D eigenvalue weighted by atomic mass is 10.3. The first-order valence-electron chi connectivity index (χ1n) is 6.44. The molecule has 0 atom stereocenters. The van der Waals surface area contributed by atoms with Gasteiger partial charge in [0.05, 0.1) is 16.0 Å². The Balaban J connectivity index is 1.61. The fourth-order valence-corrected chi connectivity index (χ4v) is 3.88. The van der Waals surface area contributed by atoms with E-state index in [9.17, 15) is 4.79 Å². The third-order valence-electron chi connectivity index (χ3n) is 2.85. The molecule has 0 fully saturated rings. The summed E-state index contributed by atoms with van der Waals surface area (Å²) in [6.07, 6.45) is 0. The number of nitrogens with zero attached hydrogens (tertiary/aromatic N) is 1. The van der Waals surface area contributed by atoms with Crippen molar-refractivity contribution in [2.45, 2.75) is 4.34 Å². The molecule has 3 N–H and O–H groups in total. The summed E-state index contributed by atoms with van der Waals surface area (Å²) >= 11 is 8.75. The molecule has 0 spiro atoms. The first-order chi connectivity index (χ1) is 10.6. The minimum atomic E-state index is -0.0777. The first kappa shape index (κ1) is 15.1. The van der Waals surface area contributed by atoms with Gasteiger partial charge in [0.1, 0.15) is 0 Å². The number of nitrogens with two attached hydrogens (primary N) is 1. The first-order valence-corrected chi connectivity index (χ1v) is 8.62. The van der Waals surface area contributed by atoms with E-state index in [4.69, 9.17) is 17.3 Å². The van der Waals surface area contributed by atoms with Gasteiger partial charge in [0.15, 0.2) is 4.34 Å². The number of rotatable bonds is 4. The summed E-state index contributed by atoms with van der Waals surface area (Å²) < 4.78 is 1.88. The Bertz CT molecular complexity index is 817. The Labute approximate surface area is 140 Å². The Morgan fingerprint density at radius 3 is 2.82 bits per heavy atom. The molecule has 0 bridgehead atoms. The molecule has 0 unspecified atom stereocenters. The number of anilines is 2. The maximum Gasteiger partial charge on any atom is 0.234 e. The third-order valence-corrected chi connectivity index (χ3v) is 5.26. The van der Waals surface area contributed by atoms with E-state index in [1.807, 2.05) is 18.2 Å². The van der Waals surface area contributed by atoms with Gasteiger partial charge in [-0.3, -0.25) is 4.79 Å². The lowest BCUT2D eigenvalue weighted by Crippen LogP contribution is -2.13. The van der Waals surface area contributed by atoms with Gasteiger partial charge in [-0.2, -0.15) is 0 Å². The smallest absolute Gasteiger partial charge is 0.234 e. The fraction of sp³-hybridized carbons (Fsp3) is 0.0667. The van der Waals surface area contributed by atoms with Crippen molar-refractivity contribution in [2.75, 3.05) is 16.8 Å². The Hall–Kier alpha value is -1.76. The van der Waals surface area contributed by atoms with E-state index in [1.54, 1.807) is 24.3 Å². The van der Waals surface area contributed by atoms with Crippen LogP contribution in [-0.4, -0.2) is 16.6 Å². The van der Waals surface area contributed by atoms with Crippen LogP contribution in [0.2, 0.25) is 5.02 Å². The predicted octanol–water partition coefficient (Wildman–Crippen LogP) is 4.26. The number of nitrogen functional groups attached to an aromatic ring is 1. The largest absolute Gasteiger partial charge is 0.399 e. The lowest BCUT2D eigenvalue weighted by molar-refractivity contribution is -0.113. The monoisotopic (exact) mass is 349 g/mol. The standard InChI is InChI=1S/C15H12ClN3OS2/c16-9-1-4-11(5-2-9)18-14(20)8-21-15-19-12-6-3-10(17)7-13(12)22-15/h1-7H,8,17H2,(H,18,20). The second-order valence-corrected chi connectivity index (χ2v) is 7.24. The Kier molecular flexibility index (Phi) is 4.52. The maximum absolute atomic E-state index is 11.9. The number of thioether (sulfide) groups is 1. The number of fused-ring (bicyclic) bond motifs is 1. The van der Waals surface area contributed by atoms with Crippen LogP contribution < -0.4 is 11.1 Å². The highest BCUT2D eigenvalue weighted by atomic mass is 35.5. The number of benzene rings is 2. The van der Waals surface area contributed by atoms with E-state index in [-0.39, 0.29) is 5.91 Å². The summed E-state index contributed by atoms with van der Waals surface area (Å²) in [5.41, 5.74) is 8.10. The Morgan fingerprint density at radius 2 is 2.05 bits per heavy atom. The van der Waals surface area contributed by atoms with E-state index >= 15 is 0 Å². The maximum atomic E-state index is 11.9. The number of amides is 1. The van der Waals surface area contributed by atoms with Crippen molar-refractivity contribution in [3.05, 3.63) is 47.5 Å². The minimum absolute atomic E-state index is 0.0777. The van der Waals surface area contributed by atoms with Crippen molar-refractivity contribution in [1.29, 1.82) is 0 Å². The average molecular weight is 350 g/mol. The van der Waals surface area contributed by atoms with Gasteiger partial charge in [0.25, 0.3) is 0 Å². The summed E-state index contributed by atoms with van der Waals surface area (Å²) in [6, 6.07) is 12.6. The molecule has 2 aromatic carbocycles. The van der Waals surface area contributed by atoms with Crippen LogP contribution in [0, 0.1) is 0 Å². The van der Waals surface area contributed by atoms with Crippen LogP contribution in [0.3, 0.4) is 0 Å². The molecular weight excluding hydrogens is 338 g/mol. The summed E-state index contributed by atoms with van der Waals surface area (Å²) in [4.78, 5) is 16.4. The van der Waals surface area contributed by atoms with E-state index in [2.05, 4.69) is 10.3 Å². The number of hydrogen-bond acceptors (Lipinski definition) is 5. The second kappa shape index (κ2) is 6.56. The van der Waals surface area contributed by atoms with E-state index < -0.39 is 0 Å². The number of aromatic nitrogens is 1. The quantitative estimate of drug-likeness (QED) is 0.545. The fourth-order valence-electron chi connectivity index (χ4n) is 1.84. The van der Waals surface area contributed by atoms with Gasteiger partial charge in [-0.25, -0.2) is 4.98 Å². The third kappa shape index (κ3) is 3.71. The van der Waals surface area contributed by atoms with Crippen LogP contribution in [0.5, 0.6) is 0 Å². The van der Waals surface area contributed by atoms with Gasteiger partial charge in [-0.05, 0) is 42.5 Å². The van der Waals surface area contributed by atoms with E-state index in [0.717, 1.165) is 20.2 Å². The molecule has 0 aliphatic carbocycles. The van der Waals surface area contributed by atoms with Crippen molar-refractivity contribution in [1.82, 2.24) is 4.98 Å². The molecule has 0 radical (unpaired) electrons. The summed E-state index contributed by atoms with van der Waals surface area (Å²) in [5.74, 6) is 0.226. The van der Waals surface area contributed by atoms with Gasteiger partial charge >= 0.3 is 0 Å². The average Bonchev–Trinajstić information content (AvgIpc) is 2.89. The molecule has 1 aromatic heterocycles. The highest BCUT2D eigenvalue weighted by molar-refractivity contribution is 8.01. The van der Waals surface area contributed by atoms with Crippen molar-refractivity contribution in [3.8, 4) is 0 Å². The van der Waals surface area contributed by atoms with Gasteiger partial charge in [0.2, 0.25) is 5.91 Å². The second-order valence-electron chi connectivity index (χ2n) is 4.55. The van der Waals surface area contributed by atoms with Crippen LogP contribution >= 0.6 is 34.7 Å². The number of carbonyl (C=O) groups is 1. The highest BCUT2D eigenvalue weighted by Gasteiger charge is 2.08. The van der Waals surface area contributed by atoms with E-state index in [0.29, 0.717) is 16.5 Å². The zero-order chi connectivity index (χ0) is 15.5. The number of halogens is 1. The zero-order valence-corrected chi connectivity index (χ0v) is 13.8. The van der Waals surface area contributed by atoms with E-state index in [1.165, 1.54) is 23.1 Å². The molecule has 4 nitrogen and oxygen atoms in total. The molecule has 1 amide bonds. The van der Waals surface area contributed by atoms with Crippen LogP contribution in [-0.2, 0) is 4.79 Å². The normalized spacial score (nSPS) is 10.8. The SMILES string of the molecule is Nc1ccc2nc(SCC(=O)Nc3ccc(Cl)cc3)sc2c1. The van der Waals surface area contributed by atoms with Crippen molar-refractivity contribution >= 4 is 62.2 Å². The molecule has 0 aliphatic heterocycles. The molecule has 3 aromatic rings. The van der Waals surface area contributed by atoms with Gasteiger partial charge in [-0.15, -0.1) is 11.3 Å². The van der Waals surface area contributed by atoms with Crippen LogP contribution in [0.25, 0.3) is 10.2 Å². The van der Waals surface area contributed by atoms with Crippen molar-refractivity contribution in [3.63, 3.8) is 0 Å². The van der Waals surface area contributed by atoms with Crippen LogP contribution in [0.1, 0.15) is 0 Å². The van der Waals surface area contributed by atoms with Crippen molar-refractivity contribution in [2.24, 2.45) is 0 Å². The predicted molar refractivity (Wildman–Crippen MR) is 94.8 cm³/mol. The number of thiazole rings is 1. The van der Waals surface area contributed by atoms with Gasteiger partial charge < -0.3 is 11.1 Å². The molecule has 1 heterocycles. The zero-order valence-electron chi connectivity index (χ0n) is 11.4. The number of carbonyl (C=O) groups excluding carboxylic acids is 1. The Morgan fingerprint density at radius 1 is 1.27 bits per heavy atom. The number of hydrogen-bond donors (Lipinski definition) is 2.